The van der Waals surface area contributed by atoms with Crippen molar-refractivity contribution in [1.29, 1.82) is 0 Å². The molecule has 2 rings (SSSR count). The van der Waals surface area contributed by atoms with Crippen LogP contribution in [0.4, 0.5) is 0 Å². The first-order valence-electron chi connectivity index (χ1n) is 7.68. The number of quaternary nitrogens is 1. The van der Waals surface area contributed by atoms with Crippen molar-refractivity contribution < 1.29 is 29.1 Å². The molecule has 0 aromatic rings. The van der Waals surface area contributed by atoms with Gasteiger partial charge in [-0.05, 0) is 11.6 Å². The molecule has 25 heavy (non-hydrogen) atoms. The monoisotopic (exact) mass is 371 g/mol. The fourth-order valence-corrected chi connectivity index (χ4v) is 4.18. The number of fused-ring (bicyclic) bond motifs is 1. The average Bonchev–Trinajstić information content (AvgIpc) is 2.52. The number of carboxylic acid groups (broad SMARTS) is 1. The topological polar surface area (TPSA) is 147 Å². The molecule has 0 unspecified atom stereocenters. The van der Waals surface area contributed by atoms with Gasteiger partial charge in [-0.15, -0.1) is 11.8 Å². The highest BCUT2D eigenvalue weighted by atomic mass is 32.2. The smallest absolute Gasteiger partial charge is 0.352 e. The molecule has 2 heterocycles. The molecule has 0 aliphatic carbocycles. The number of rotatable bonds is 7. The number of nitrogens with zero attached hydrogens (tertiary/aromatic N) is 2. The van der Waals surface area contributed by atoms with Crippen LogP contribution < -0.4 is 11.5 Å². The van der Waals surface area contributed by atoms with Gasteiger partial charge in [0.15, 0.2) is 6.04 Å². The highest BCUT2D eigenvalue weighted by Gasteiger charge is 2.51. The van der Waals surface area contributed by atoms with Gasteiger partial charge in [-0.25, -0.2) is 4.79 Å². The first-order valence-corrected chi connectivity index (χ1v) is 8.72. The van der Waals surface area contributed by atoms with E-state index in [1.54, 1.807) is 26.2 Å². The largest absolute Gasteiger partial charge is 0.477 e. The summed E-state index contributed by atoms with van der Waals surface area (Å²) in [6.45, 7) is -0.0247. The Bertz CT molecular complexity index is 660. The summed E-state index contributed by atoms with van der Waals surface area (Å²) >= 11 is 1.42. The van der Waals surface area contributed by atoms with Crippen LogP contribution in [0.15, 0.2) is 23.4 Å². The second-order valence-electron chi connectivity index (χ2n) is 6.58. The molecular formula is C15H23N4O5S+. The first-order chi connectivity index (χ1) is 11.6. The maximum atomic E-state index is 11.9. The summed E-state index contributed by atoms with van der Waals surface area (Å²) in [5.41, 5.74) is 11.5. The summed E-state index contributed by atoms with van der Waals surface area (Å²) in [5, 5.41) is 18.5. The van der Waals surface area contributed by atoms with E-state index in [0.29, 0.717) is 17.9 Å². The highest BCUT2D eigenvalue weighted by Crippen LogP contribution is 2.39. The number of likely N-dealkylation sites (N-methyl/N-ethyl adjacent to an activating group) is 1. The van der Waals surface area contributed by atoms with Gasteiger partial charge in [0.25, 0.3) is 5.91 Å². The molecule has 2 amide bonds. The molecule has 138 valence electrons. The molecule has 3 atom stereocenters. The van der Waals surface area contributed by atoms with Gasteiger partial charge in [0.1, 0.15) is 23.7 Å². The maximum absolute atomic E-state index is 11.9. The van der Waals surface area contributed by atoms with Crippen molar-refractivity contribution in [2.45, 2.75) is 17.5 Å². The number of aliphatic hydroxyl groups excluding tert-OH is 1. The zero-order chi connectivity index (χ0) is 18.9. The second kappa shape index (κ2) is 7.16. The Morgan fingerprint density at radius 3 is 2.64 bits per heavy atom. The second-order valence-corrected chi connectivity index (χ2v) is 7.68. The molecule has 2 aliphatic rings. The van der Waals surface area contributed by atoms with Crippen LogP contribution in [0.3, 0.4) is 0 Å². The van der Waals surface area contributed by atoms with Crippen molar-refractivity contribution in [2.24, 2.45) is 11.5 Å². The molecule has 9 nitrogen and oxygen atoms in total. The number of carbonyl (C=O) groups excluding carboxylic acids is 2. The lowest BCUT2D eigenvalue weighted by Gasteiger charge is -2.47. The van der Waals surface area contributed by atoms with Crippen molar-refractivity contribution >= 4 is 29.5 Å². The van der Waals surface area contributed by atoms with E-state index in [-0.39, 0.29) is 22.2 Å². The first kappa shape index (κ1) is 19.4. The van der Waals surface area contributed by atoms with E-state index in [2.05, 4.69) is 0 Å². The Kier molecular flexibility index (Phi) is 5.57. The Morgan fingerprint density at radius 1 is 1.48 bits per heavy atom. The van der Waals surface area contributed by atoms with Crippen LogP contribution in [0, 0.1) is 0 Å². The molecule has 1 fully saturated rings. The van der Waals surface area contributed by atoms with Crippen LogP contribution in [0.2, 0.25) is 0 Å². The number of nitrogens with two attached hydrogens (primary N) is 2. The van der Waals surface area contributed by atoms with E-state index in [1.807, 2.05) is 0 Å². The normalized spacial score (nSPS) is 25.0. The van der Waals surface area contributed by atoms with E-state index >= 15 is 0 Å². The van der Waals surface area contributed by atoms with E-state index in [0.717, 1.165) is 0 Å². The number of primary amides is 1. The summed E-state index contributed by atoms with van der Waals surface area (Å²) < 4.78 is 0.126. The number of aliphatic carboxylic acids is 1. The lowest BCUT2D eigenvalue weighted by atomic mass is 10.0. The van der Waals surface area contributed by atoms with E-state index in [9.17, 15) is 24.6 Å². The molecule has 1 saturated heterocycles. The molecule has 10 heteroatoms. The lowest BCUT2D eigenvalue weighted by molar-refractivity contribution is -0.900. The third kappa shape index (κ3) is 3.56. The molecule has 0 saturated carbocycles. The van der Waals surface area contributed by atoms with Gasteiger partial charge in [0.05, 0.1) is 20.6 Å². The predicted octanol–water partition coefficient (Wildman–Crippen LogP) is -1.95. The van der Waals surface area contributed by atoms with Crippen molar-refractivity contribution in [3.8, 4) is 0 Å². The van der Waals surface area contributed by atoms with E-state index in [4.69, 9.17) is 11.5 Å². The maximum Gasteiger partial charge on any atom is 0.352 e. The van der Waals surface area contributed by atoms with Gasteiger partial charge in [0.2, 0.25) is 5.91 Å². The van der Waals surface area contributed by atoms with Gasteiger partial charge >= 0.3 is 5.97 Å². The average molecular weight is 371 g/mol. The molecule has 0 aromatic carbocycles. The molecule has 0 radical (unpaired) electrons. The fraction of sp³-hybridized carbons (Fsp3) is 0.533. The quantitative estimate of drug-likeness (QED) is 0.300. The van der Waals surface area contributed by atoms with E-state index in [1.165, 1.54) is 16.7 Å². The summed E-state index contributed by atoms with van der Waals surface area (Å²) in [7, 11) is 3.48. The fourth-order valence-electron chi connectivity index (χ4n) is 2.92. The number of β-lactam (4-membered cyclic amide) rings is 1. The van der Waals surface area contributed by atoms with Crippen LogP contribution in [0.5, 0.6) is 0 Å². The van der Waals surface area contributed by atoms with Gasteiger partial charge in [-0.3, -0.25) is 14.5 Å². The standard InChI is InChI=1S/C15H22N4O5S/c1-19(2,9(6-20)12(17)21)5-3-4-8-7-25-14-10(16)13(22)18(14)11(8)15(23)24/h3-4,9-10,14,20H,5-7,16H2,1-2H3,(H2-,17,21,23,24)/p+1/b4-3+/t9-,10-,14-/m1/s1. The Hall–Kier alpha value is -1.88. The van der Waals surface area contributed by atoms with Crippen LogP contribution in [-0.2, 0) is 14.4 Å². The van der Waals surface area contributed by atoms with Gasteiger partial charge in [-0.2, -0.15) is 0 Å². The summed E-state index contributed by atoms with van der Waals surface area (Å²) in [5.74, 6) is -1.76. The SMILES string of the molecule is C[N+](C)(C/C=C/C1=C(C(=O)O)N2C(=O)[C@@H](N)[C@H]2SC1)[C@H](CO)C(N)=O. The molecule has 0 bridgehead atoms. The highest BCUT2D eigenvalue weighted by molar-refractivity contribution is 8.00. The minimum Gasteiger partial charge on any atom is -0.477 e. The summed E-state index contributed by atoms with van der Waals surface area (Å²) in [6.07, 6.45) is 3.36. The van der Waals surface area contributed by atoms with Gasteiger partial charge in [0, 0.05) is 5.75 Å². The Morgan fingerprint density at radius 2 is 2.12 bits per heavy atom. The summed E-state index contributed by atoms with van der Waals surface area (Å²) in [6, 6.07) is -1.43. The number of thioether (sulfide) groups is 1. The predicted molar refractivity (Wildman–Crippen MR) is 91.9 cm³/mol. The van der Waals surface area contributed by atoms with Crippen molar-refractivity contribution in [3.63, 3.8) is 0 Å². The minimum atomic E-state index is -1.18. The molecule has 2 aliphatic heterocycles. The molecular weight excluding hydrogens is 348 g/mol. The zero-order valence-corrected chi connectivity index (χ0v) is 14.9. The third-order valence-electron chi connectivity index (χ3n) is 4.48. The minimum absolute atomic E-state index is 0.0504. The number of amides is 2. The number of carbonyl (C=O) groups is 3. The third-order valence-corrected chi connectivity index (χ3v) is 5.80. The lowest BCUT2D eigenvalue weighted by Crippen LogP contribution is -2.68. The van der Waals surface area contributed by atoms with Crippen molar-refractivity contribution in [1.82, 2.24) is 4.90 Å². The number of hydrogen-bond acceptors (Lipinski definition) is 6. The Labute approximate surface area is 149 Å². The number of hydrogen-bond donors (Lipinski definition) is 4. The van der Waals surface area contributed by atoms with Crippen LogP contribution in [-0.4, -0.2) is 87.8 Å². The van der Waals surface area contributed by atoms with Crippen LogP contribution in [0.25, 0.3) is 0 Å². The number of allylic oxidation sites excluding steroid dienone is 1. The summed E-state index contributed by atoms with van der Waals surface area (Å²) in [4.78, 5) is 36.1. The van der Waals surface area contributed by atoms with Gasteiger partial charge < -0.3 is 26.2 Å². The van der Waals surface area contributed by atoms with Crippen molar-refractivity contribution in [2.75, 3.05) is 33.0 Å². The van der Waals surface area contributed by atoms with Gasteiger partial charge in [-0.1, -0.05) is 6.08 Å². The number of aliphatic hydroxyl groups is 1. The zero-order valence-electron chi connectivity index (χ0n) is 14.1. The molecule has 0 spiro atoms. The molecule has 6 N–H and O–H groups in total. The van der Waals surface area contributed by atoms with Crippen molar-refractivity contribution in [3.05, 3.63) is 23.4 Å². The Balaban J connectivity index is 2.20. The van der Waals surface area contributed by atoms with Crippen LogP contribution in [0.1, 0.15) is 0 Å². The molecule has 0 aromatic heterocycles. The number of carboxylic acids is 1. The van der Waals surface area contributed by atoms with E-state index < -0.39 is 29.9 Å². The van der Waals surface area contributed by atoms with Crippen LogP contribution >= 0.6 is 11.8 Å².